The maximum absolute atomic E-state index is 12.9. The highest BCUT2D eigenvalue weighted by atomic mass is 32.1. The Bertz CT molecular complexity index is 1220. The first-order valence-electron chi connectivity index (χ1n) is 10.6. The van der Waals surface area contributed by atoms with Crippen LogP contribution in [0.3, 0.4) is 0 Å². The molecule has 7 nitrogen and oxygen atoms in total. The minimum atomic E-state index is -0.142. The number of aryl methyl sites for hydroxylation is 1. The highest BCUT2D eigenvalue weighted by Gasteiger charge is 2.27. The molecule has 1 amide bonds. The Kier molecular flexibility index (Phi) is 5.79. The van der Waals surface area contributed by atoms with E-state index in [-0.39, 0.29) is 5.91 Å². The molecule has 162 valence electrons. The summed E-state index contributed by atoms with van der Waals surface area (Å²) < 4.78 is 1.85. The molecule has 0 saturated heterocycles. The highest BCUT2D eigenvalue weighted by molar-refractivity contribution is 7.15. The van der Waals surface area contributed by atoms with Gasteiger partial charge in [0, 0.05) is 79.9 Å². The van der Waals surface area contributed by atoms with Gasteiger partial charge in [-0.2, -0.15) is 5.10 Å². The van der Waals surface area contributed by atoms with E-state index in [2.05, 4.69) is 37.4 Å². The number of nitrogens with zero attached hydrogens (tertiary/aromatic N) is 5. The molecule has 1 N–H and O–H groups in total. The van der Waals surface area contributed by atoms with Gasteiger partial charge in [0.1, 0.15) is 5.01 Å². The first-order chi connectivity index (χ1) is 15.7. The third-order valence-corrected chi connectivity index (χ3v) is 6.70. The Labute approximate surface area is 190 Å². The summed E-state index contributed by atoms with van der Waals surface area (Å²) in [5.74, 6) is -0.142. The molecule has 8 heteroatoms. The van der Waals surface area contributed by atoms with Crippen molar-refractivity contribution in [3.05, 3.63) is 88.4 Å². The fourth-order valence-electron chi connectivity index (χ4n) is 4.05. The van der Waals surface area contributed by atoms with Crippen molar-refractivity contribution in [3.63, 3.8) is 0 Å². The summed E-state index contributed by atoms with van der Waals surface area (Å²) in [5, 5.41) is 8.56. The van der Waals surface area contributed by atoms with Crippen LogP contribution >= 0.6 is 11.3 Å². The van der Waals surface area contributed by atoms with Crippen LogP contribution in [0.5, 0.6) is 0 Å². The van der Waals surface area contributed by atoms with Crippen LogP contribution in [0.25, 0.3) is 10.6 Å². The zero-order valence-corrected chi connectivity index (χ0v) is 18.7. The fourth-order valence-corrected chi connectivity index (χ4v) is 5.01. The molecular weight excluding hydrogens is 420 g/mol. The highest BCUT2D eigenvalue weighted by Crippen LogP contribution is 2.28. The number of benzene rings is 1. The Hall–Kier alpha value is -3.36. The molecule has 32 heavy (non-hydrogen) atoms. The van der Waals surface area contributed by atoms with Gasteiger partial charge >= 0.3 is 0 Å². The predicted octanol–water partition coefficient (Wildman–Crippen LogP) is 3.43. The molecule has 0 saturated carbocycles. The third kappa shape index (κ3) is 4.32. The van der Waals surface area contributed by atoms with E-state index < -0.39 is 0 Å². The van der Waals surface area contributed by atoms with Crippen LogP contribution < -0.4 is 5.32 Å². The molecule has 0 aliphatic carbocycles. The summed E-state index contributed by atoms with van der Waals surface area (Å²) in [5.41, 5.74) is 4.79. The number of carbonyl (C=O) groups is 1. The molecule has 3 aromatic heterocycles. The number of carbonyl (C=O) groups excluding carboxylic acids is 1. The van der Waals surface area contributed by atoms with Crippen LogP contribution in [-0.4, -0.2) is 37.1 Å². The van der Waals surface area contributed by atoms with Gasteiger partial charge in [0.05, 0.1) is 0 Å². The molecule has 0 radical (unpaired) electrons. The lowest BCUT2D eigenvalue weighted by atomic mass is 10.0. The summed E-state index contributed by atoms with van der Waals surface area (Å²) in [4.78, 5) is 25.2. The molecule has 1 aliphatic rings. The summed E-state index contributed by atoms with van der Waals surface area (Å²) in [6.07, 6.45) is 6.32. The maximum Gasteiger partial charge on any atom is 0.272 e. The molecule has 0 fully saturated rings. The number of aromatic nitrogens is 4. The monoisotopic (exact) mass is 444 g/mol. The number of pyridine rings is 1. The molecule has 4 aromatic rings. The topological polar surface area (TPSA) is 75.9 Å². The number of fused-ring (bicyclic) bond motifs is 1. The second kappa shape index (κ2) is 9.02. The summed E-state index contributed by atoms with van der Waals surface area (Å²) in [6, 6.07) is 14.1. The minimum absolute atomic E-state index is 0.142. The van der Waals surface area contributed by atoms with Gasteiger partial charge in [0.25, 0.3) is 5.91 Å². The van der Waals surface area contributed by atoms with Crippen LogP contribution in [-0.2, 0) is 33.1 Å². The van der Waals surface area contributed by atoms with Gasteiger partial charge in [-0.1, -0.05) is 36.4 Å². The average Bonchev–Trinajstić information content (AvgIpc) is 3.43. The van der Waals surface area contributed by atoms with E-state index in [1.807, 2.05) is 48.3 Å². The van der Waals surface area contributed by atoms with Crippen molar-refractivity contribution in [3.8, 4) is 10.6 Å². The molecule has 0 bridgehead atoms. The fraction of sp³-hybridized carbons (Fsp3) is 0.250. The van der Waals surface area contributed by atoms with Crippen molar-refractivity contribution in [2.24, 2.45) is 7.05 Å². The van der Waals surface area contributed by atoms with Gasteiger partial charge < -0.3 is 5.32 Å². The lowest BCUT2D eigenvalue weighted by molar-refractivity contribution is 0.0942. The number of rotatable bonds is 6. The number of hydrogen-bond acceptors (Lipinski definition) is 6. The second-order valence-electron chi connectivity index (χ2n) is 7.90. The van der Waals surface area contributed by atoms with Crippen LogP contribution in [0.15, 0.2) is 61.1 Å². The Balaban J connectivity index is 1.28. The normalized spacial score (nSPS) is 13.7. The van der Waals surface area contributed by atoms with E-state index in [9.17, 15) is 4.79 Å². The first kappa shape index (κ1) is 20.5. The Morgan fingerprint density at radius 3 is 2.84 bits per heavy atom. The molecule has 0 atom stereocenters. The second-order valence-corrected chi connectivity index (χ2v) is 9.02. The largest absolute Gasteiger partial charge is 0.346 e. The number of amides is 1. The number of nitrogens with one attached hydrogen (secondary N) is 1. The van der Waals surface area contributed by atoms with Gasteiger partial charge in [0.2, 0.25) is 0 Å². The van der Waals surface area contributed by atoms with E-state index in [4.69, 9.17) is 0 Å². The average molecular weight is 445 g/mol. The third-order valence-electron chi connectivity index (χ3n) is 5.67. The Morgan fingerprint density at radius 1 is 1.16 bits per heavy atom. The molecular formula is C24H24N6OS. The Morgan fingerprint density at radius 2 is 2.03 bits per heavy atom. The first-order valence-corrected chi connectivity index (χ1v) is 11.4. The van der Waals surface area contributed by atoms with Crippen molar-refractivity contribution in [2.75, 3.05) is 6.54 Å². The van der Waals surface area contributed by atoms with E-state index in [1.165, 1.54) is 4.88 Å². The summed E-state index contributed by atoms with van der Waals surface area (Å²) >= 11 is 1.72. The van der Waals surface area contributed by atoms with Crippen molar-refractivity contribution in [2.45, 2.75) is 26.1 Å². The van der Waals surface area contributed by atoms with Crippen LogP contribution in [0.1, 0.15) is 32.2 Å². The van der Waals surface area contributed by atoms with Gasteiger partial charge in [-0.05, 0) is 11.6 Å². The van der Waals surface area contributed by atoms with Gasteiger partial charge in [-0.15, -0.1) is 11.3 Å². The quantitative estimate of drug-likeness (QED) is 0.493. The van der Waals surface area contributed by atoms with Crippen LogP contribution in [0, 0.1) is 0 Å². The van der Waals surface area contributed by atoms with Gasteiger partial charge in [-0.25, -0.2) is 4.98 Å². The molecule has 0 spiro atoms. The minimum Gasteiger partial charge on any atom is -0.346 e. The summed E-state index contributed by atoms with van der Waals surface area (Å²) in [7, 11) is 1.92. The number of thiazole rings is 1. The zero-order chi connectivity index (χ0) is 21.9. The molecule has 1 aliphatic heterocycles. The van der Waals surface area contributed by atoms with Crippen molar-refractivity contribution in [1.29, 1.82) is 0 Å². The lowest BCUT2D eigenvalue weighted by Crippen LogP contribution is -2.32. The van der Waals surface area contributed by atoms with Gasteiger partial charge in [-0.3, -0.25) is 19.4 Å². The van der Waals surface area contributed by atoms with E-state index in [0.717, 1.165) is 46.9 Å². The van der Waals surface area contributed by atoms with Crippen molar-refractivity contribution in [1.82, 2.24) is 30.0 Å². The molecule has 0 unspecified atom stereocenters. The smallest absolute Gasteiger partial charge is 0.272 e. The standard InChI is InChI=1S/C24H24N6OS/c1-29-21-9-11-30(15-19-14-27-24(32-19)18-7-3-2-4-8-18)16-20(21)22(28-29)23(31)26-13-17-6-5-10-25-12-17/h2-8,10,12,14H,9,11,13,15-16H2,1H3,(H,26,31). The zero-order valence-electron chi connectivity index (χ0n) is 17.9. The SMILES string of the molecule is Cn1nc(C(=O)NCc2cccnc2)c2c1CCN(Cc1cnc(-c3ccccc3)s1)C2. The molecule has 4 heterocycles. The van der Waals surface area contributed by atoms with Crippen molar-refractivity contribution < 1.29 is 4.79 Å². The van der Waals surface area contributed by atoms with E-state index in [1.54, 1.807) is 23.7 Å². The number of hydrogen-bond donors (Lipinski definition) is 1. The predicted molar refractivity (Wildman–Crippen MR) is 124 cm³/mol. The molecule has 1 aromatic carbocycles. The van der Waals surface area contributed by atoms with E-state index in [0.29, 0.717) is 18.8 Å². The van der Waals surface area contributed by atoms with Crippen LogP contribution in [0.2, 0.25) is 0 Å². The van der Waals surface area contributed by atoms with E-state index >= 15 is 0 Å². The molecule has 5 rings (SSSR count). The van der Waals surface area contributed by atoms with Gasteiger partial charge in [0.15, 0.2) is 5.69 Å². The maximum atomic E-state index is 12.9. The van der Waals surface area contributed by atoms with Crippen molar-refractivity contribution >= 4 is 17.2 Å². The van der Waals surface area contributed by atoms with Crippen LogP contribution in [0.4, 0.5) is 0 Å². The lowest BCUT2D eigenvalue weighted by Gasteiger charge is -2.26. The summed E-state index contributed by atoms with van der Waals surface area (Å²) in [6.45, 7) is 2.89.